The molecule has 2 aromatic rings. The second-order valence-corrected chi connectivity index (χ2v) is 6.63. The van der Waals surface area contributed by atoms with Crippen molar-refractivity contribution in [1.29, 1.82) is 0 Å². The van der Waals surface area contributed by atoms with Crippen LogP contribution in [0.3, 0.4) is 0 Å². The Morgan fingerprint density at radius 3 is 2.64 bits per heavy atom. The molecule has 3 N–H and O–H groups in total. The largest absolute Gasteiger partial charge is 0.483 e. The van der Waals surface area contributed by atoms with Gasteiger partial charge in [0.25, 0.3) is 5.91 Å². The lowest BCUT2D eigenvalue weighted by Crippen LogP contribution is -2.35. The van der Waals surface area contributed by atoms with Crippen molar-refractivity contribution in [2.75, 3.05) is 23.8 Å². The highest BCUT2D eigenvalue weighted by Crippen LogP contribution is 2.20. The zero-order valence-corrected chi connectivity index (χ0v) is 15.1. The number of aliphatic hydroxyl groups is 1. The van der Waals surface area contributed by atoms with Crippen LogP contribution in [0, 0.1) is 13.8 Å². The van der Waals surface area contributed by atoms with Gasteiger partial charge >= 0.3 is 0 Å². The molecule has 0 atom stereocenters. The highest BCUT2D eigenvalue weighted by molar-refractivity contribution is 5.91. The Morgan fingerprint density at radius 1 is 1.24 bits per heavy atom. The fraction of sp³-hybridized carbons (Fsp3) is 0.368. The number of carbonyl (C=O) groups excluding carboxylic acids is 1. The summed E-state index contributed by atoms with van der Waals surface area (Å²) in [4.78, 5) is 16.3. The molecule has 1 heterocycles. The lowest BCUT2D eigenvalue weighted by molar-refractivity contribution is -0.118. The average Bonchev–Trinajstić information content (AvgIpc) is 2.58. The minimum Gasteiger partial charge on any atom is -0.483 e. The Kier molecular flexibility index (Phi) is 5.98. The molecular weight excluding hydrogens is 318 g/mol. The first-order chi connectivity index (χ1) is 11.8. The number of amides is 1. The third-order valence-electron chi connectivity index (χ3n) is 3.82. The van der Waals surface area contributed by atoms with E-state index in [4.69, 9.17) is 4.74 Å². The number of hydrogen-bond donors (Lipinski definition) is 3. The number of pyridine rings is 1. The summed E-state index contributed by atoms with van der Waals surface area (Å²) in [5.41, 5.74) is 2.27. The number of benzene rings is 1. The second kappa shape index (κ2) is 7.98. The van der Waals surface area contributed by atoms with Crippen LogP contribution in [0.25, 0.3) is 0 Å². The Bertz CT molecular complexity index is 727. The first kappa shape index (κ1) is 18.7. The number of aliphatic hydroxyl groups excluding tert-OH is 1. The summed E-state index contributed by atoms with van der Waals surface area (Å²) in [7, 11) is 0. The number of carbonyl (C=O) groups is 1. The zero-order valence-electron chi connectivity index (χ0n) is 15.1. The Labute approximate surface area is 148 Å². The van der Waals surface area contributed by atoms with Gasteiger partial charge in [-0.1, -0.05) is 12.1 Å². The summed E-state index contributed by atoms with van der Waals surface area (Å²) in [5, 5.41) is 15.1. The maximum Gasteiger partial charge on any atom is 0.262 e. The molecule has 0 aliphatic carbocycles. The zero-order chi connectivity index (χ0) is 18.4. The number of aromatic nitrogens is 1. The van der Waals surface area contributed by atoms with Gasteiger partial charge in [-0.25, -0.2) is 4.98 Å². The predicted molar refractivity (Wildman–Crippen MR) is 99.1 cm³/mol. The van der Waals surface area contributed by atoms with E-state index in [1.165, 1.54) is 0 Å². The van der Waals surface area contributed by atoms with Crippen molar-refractivity contribution in [2.24, 2.45) is 0 Å². The van der Waals surface area contributed by atoms with Crippen molar-refractivity contribution in [3.63, 3.8) is 0 Å². The van der Waals surface area contributed by atoms with Gasteiger partial charge in [0.1, 0.15) is 11.6 Å². The number of rotatable bonds is 7. The van der Waals surface area contributed by atoms with Crippen molar-refractivity contribution in [3.8, 4) is 5.75 Å². The molecule has 0 aliphatic rings. The average molecular weight is 343 g/mol. The molecule has 1 aromatic carbocycles. The number of nitrogens with zero attached hydrogens (tertiary/aromatic N) is 1. The standard InChI is InChI=1S/C19H25N3O3/c1-13-6-5-7-16(14(13)2)25-11-18(24)21-15-8-9-17(20-10-15)22-19(3,4)12-23/h5-10,23H,11-12H2,1-4H3,(H,20,22)(H,21,24). The summed E-state index contributed by atoms with van der Waals surface area (Å²) in [6.07, 6.45) is 1.56. The monoisotopic (exact) mass is 343 g/mol. The molecule has 0 saturated carbocycles. The van der Waals surface area contributed by atoms with Gasteiger partial charge in [0.15, 0.2) is 6.61 Å². The Balaban J connectivity index is 1.89. The molecule has 0 bridgehead atoms. The van der Waals surface area contributed by atoms with Crippen LogP contribution in [0.4, 0.5) is 11.5 Å². The molecule has 134 valence electrons. The van der Waals surface area contributed by atoms with Crippen molar-refractivity contribution >= 4 is 17.4 Å². The van der Waals surface area contributed by atoms with E-state index in [-0.39, 0.29) is 19.1 Å². The topological polar surface area (TPSA) is 83.5 Å². The van der Waals surface area contributed by atoms with Crippen LogP contribution in [-0.2, 0) is 4.79 Å². The number of hydrogen-bond acceptors (Lipinski definition) is 5. The van der Waals surface area contributed by atoms with Crippen LogP contribution >= 0.6 is 0 Å². The van der Waals surface area contributed by atoms with Crippen molar-refractivity contribution in [3.05, 3.63) is 47.7 Å². The molecule has 6 nitrogen and oxygen atoms in total. The van der Waals surface area contributed by atoms with Gasteiger partial charge in [-0.2, -0.15) is 0 Å². The highest BCUT2D eigenvalue weighted by atomic mass is 16.5. The van der Waals surface area contributed by atoms with Crippen LogP contribution in [0.5, 0.6) is 5.75 Å². The number of ether oxygens (including phenoxy) is 1. The minimum atomic E-state index is -0.461. The first-order valence-corrected chi connectivity index (χ1v) is 8.15. The molecular formula is C19H25N3O3. The van der Waals surface area contributed by atoms with Gasteiger partial charge in [-0.3, -0.25) is 4.79 Å². The number of nitrogens with one attached hydrogen (secondary N) is 2. The van der Waals surface area contributed by atoms with Crippen LogP contribution in [0.2, 0.25) is 0 Å². The molecule has 0 fully saturated rings. The molecule has 1 amide bonds. The third-order valence-corrected chi connectivity index (χ3v) is 3.82. The van der Waals surface area contributed by atoms with Crippen LogP contribution < -0.4 is 15.4 Å². The van der Waals surface area contributed by atoms with Crippen LogP contribution in [0.1, 0.15) is 25.0 Å². The summed E-state index contributed by atoms with van der Waals surface area (Å²) in [5.74, 6) is 1.09. The fourth-order valence-electron chi connectivity index (χ4n) is 2.15. The normalized spacial score (nSPS) is 11.1. The number of anilines is 2. The lowest BCUT2D eigenvalue weighted by Gasteiger charge is -2.24. The van der Waals surface area contributed by atoms with Crippen LogP contribution in [0.15, 0.2) is 36.5 Å². The first-order valence-electron chi connectivity index (χ1n) is 8.15. The van der Waals surface area contributed by atoms with Crippen molar-refractivity contribution in [1.82, 2.24) is 4.98 Å². The van der Waals surface area contributed by atoms with Gasteiger partial charge < -0.3 is 20.5 Å². The molecule has 0 spiro atoms. The summed E-state index contributed by atoms with van der Waals surface area (Å²) in [6.45, 7) is 7.63. The van der Waals surface area contributed by atoms with Crippen molar-refractivity contribution < 1.29 is 14.6 Å². The molecule has 0 radical (unpaired) electrons. The van der Waals surface area contributed by atoms with E-state index < -0.39 is 5.54 Å². The van der Waals surface area contributed by atoms with Gasteiger partial charge in [-0.05, 0) is 57.0 Å². The fourth-order valence-corrected chi connectivity index (χ4v) is 2.15. The third kappa shape index (κ3) is 5.46. The maximum atomic E-state index is 12.0. The SMILES string of the molecule is Cc1cccc(OCC(=O)Nc2ccc(NC(C)(C)CO)nc2)c1C. The van der Waals surface area contributed by atoms with Gasteiger partial charge in [0.05, 0.1) is 24.0 Å². The summed E-state index contributed by atoms with van der Waals surface area (Å²) in [6, 6.07) is 9.25. The summed E-state index contributed by atoms with van der Waals surface area (Å²) >= 11 is 0. The molecule has 0 saturated heterocycles. The number of aryl methyl sites for hydroxylation is 1. The molecule has 2 rings (SSSR count). The van der Waals surface area contributed by atoms with E-state index in [1.807, 2.05) is 45.9 Å². The van der Waals surface area contributed by atoms with E-state index in [9.17, 15) is 9.90 Å². The van der Waals surface area contributed by atoms with E-state index >= 15 is 0 Å². The molecule has 1 aromatic heterocycles. The molecule has 0 aliphatic heterocycles. The quantitative estimate of drug-likeness (QED) is 0.720. The van der Waals surface area contributed by atoms with Gasteiger partial charge in [0, 0.05) is 0 Å². The van der Waals surface area contributed by atoms with E-state index in [2.05, 4.69) is 15.6 Å². The van der Waals surface area contributed by atoms with Gasteiger partial charge in [0.2, 0.25) is 0 Å². The Morgan fingerprint density at radius 2 is 2.00 bits per heavy atom. The minimum absolute atomic E-state index is 0.0110. The predicted octanol–water partition coefficient (Wildman–Crippen LogP) is 2.90. The molecule has 25 heavy (non-hydrogen) atoms. The van der Waals surface area contributed by atoms with Crippen LogP contribution in [-0.4, -0.2) is 34.8 Å². The van der Waals surface area contributed by atoms with E-state index in [0.29, 0.717) is 17.3 Å². The summed E-state index contributed by atoms with van der Waals surface area (Å²) < 4.78 is 5.58. The van der Waals surface area contributed by atoms with E-state index in [0.717, 1.165) is 11.1 Å². The van der Waals surface area contributed by atoms with E-state index in [1.54, 1.807) is 18.3 Å². The van der Waals surface area contributed by atoms with Gasteiger partial charge in [-0.15, -0.1) is 0 Å². The Hall–Kier alpha value is -2.60. The highest BCUT2D eigenvalue weighted by Gasteiger charge is 2.16. The second-order valence-electron chi connectivity index (χ2n) is 6.63. The maximum absolute atomic E-state index is 12.0. The molecule has 6 heteroatoms. The smallest absolute Gasteiger partial charge is 0.262 e. The molecule has 0 unspecified atom stereocenters. The lowest BCUT2D eigenvalue weighted by atomic mass is 10.1. The van der Waals surface area contributed by atoms with Crippen molar-refractivity contribution in [2.45, 2.75) is 33.2 Å².